The van der Waals surface area contributed by atoms with Crippen LogP contribution in [0.2, 0.25) is 0 Å². The van der Waals surface area contributed by atoms with Crippen LogP contribution in [0.15, 0.2) is 10.9 Å². The predicted molar refractivity (Wildman–Crippen MR) is 61.9 cm³/mol. The van der Waals surface area contributed by atoms with E-state index in [-0.39, 0.29) is 11.5 Å². The number of H-pyrrole nitrogens is 1. The van der Waals surface area contributed by atoms with Crippen LogP contribution in [-0.4, -0.2) is 29.1 Å². The summed E-state index contributed by atoms with van der Waals surface area (Å²) >= 11 is 0. The molecule has 6 heteroatoms. The fourth-order valence-corrected chi connectivity index (χ4v) is 1.56. The third kappa shape index (κ3) is 2.83. The van der Waals surface area contributed by atoms with Gasteiger partial charge in [0.25, 0.3) is 5.56 Å². The maximum Gasteiger partial charge on any atom is 0.328 e. The van der Waals surface area contributed by atoms with Crippen molar-refractivity contribution >= 4 is 11.8 Å². The Bertz CT molecular complexity index is 479. The van der Waals surface area contributed by atoms with E-state index in [1.54, 1.807) is 6.92 Å². The van der Waals surface area contributed by atoms with Crippen molar-refractivity contribution in [1.82, 2.24) is 9.97 Å². The zero-order valence-electron chi connectivity index (χ0n) is 9.82. The van der Waals surface area contributed by atoms with Crippen molar-refractivity contribution in [3.05, 3.63) is 22.2 Å². The van der Waals surface area contributed by atoms with Gasteiger partial charge in [-0.1, -0.05) is 0 Å². The first-order valence-electron chi connectivity index (χ1n) is 5.56. The first-order chi connectivity index (χ1) is 8.10. The summed E-state index contributed by atoms with van der Waals surface area (Å²) in [5.74, 6) is 1.07. The molecule has 1 aromatic heterocycles. The molecule has 2 N–H and O–H groups in total. The summed E-state index contributed by atoms with van der Waals surface area (Å²) in [5, 5.41) is 2.85. The number of rotatable bonds is 4. The van der Waals surface area contributed by atoms with Crippen LogP contribution in [0.3, 0.4) is 0 Å². The quantitative estimate of drug-likeness (QED) is 0.750. The minimum Gasteiger partial charge on any atom is -0.467 e. The van der Waals surface area contributed by atoms with Crippen molar-refractivity contribution in [2.24, 2.45) is 0 Å². The summed E-state index contributed by atoms with van der Waals surface area (Å²) in [7, 11) is 1.32. The standard InChI is InChI=1S/C11H15N3O3/c1-6(11(16)17-2)12-8-5-9(15)14-10(13-8)7-3-4-7/h5-7H,3-4H2,1-2H3,(H2,12,13,14,15). The highest BCUT2D eigenvalue weighted by atomic mass is 16.5. The SMILES string of the molecule is COC(=O)C(C)Nc1cc(=O)[nH]c(C2CC2)n1. The second-order valence-corrected chi connectivity index (χ2v) is 4.18. The molecule has 0 aromatic carbocycles. The van der Waals surface area contributed by atoms with Crippen molar-refractivity contribution in [3.8, 4) is 0 Å². The Morgan fingerprint density at radius 3 is 2.94 bits per heavy atom. The van der Waals surface area contributed by atoms with Gasteiger partial charge in [0, 0.05) is 12.0 Å². The molecule has 0 saturated heterocycles. The van der Waals surface area contributed by atoms with E-state index in [0.29, 0.717) is 17.6 Å². The van der Waals surface area contributed by atoms with Crippen LogP contribution in [0, 0.1) is 0 Å². The van der Waals surface area contributed by atoms with Crippen LogP contribution >= 0.6 is 0 Å². The van der Waals surface area contributed by atoms with Gasteiger partial charge >= 0.3 is 5.97 Å². The molecule has 0 aliphatic heterocycles. The second-order valence-electron chi connectivity index (χ2n) is 4.18. The molecular formula is C11H15N3O3. The molecular weight excluding hydrogens is 222 g/mol. The lowest BCUT2D eigenvalue weighted by atomic mass is 10.3. The number of hydrogen-bond donors (Lipinski definition) is 2. The van der Waals surface area contributed by atoms with Gasteiger partial charge < -0.3 is 15.0 Å². The number of esters is 1. The maximum absolute atomic E-state index is 11.4. The van der Waals surface area contributed by atoms with Crippen LogP contribution < -0.4 is 10.9 Å². The molecule has 0 spiro atoms. The number of carbonyl (C=O) groups excluding carboxylic acids is 1. The zero-order chi connectivity index (χ0) is 12.4. The lowest BCUT2D eigenvalue weighted by molar-refractivity contribution is -0.141. The summed E-state index contributed by atoms with van der Waals surface area (Å²) < 4.78 is 4.59. The van der Waals surface area contributed by atoms with Gasteiger partial charge in [0.1, 0.15) is 17.7 Å². The second kappa shape index (κ2) is 4.57. The average molecular weight is 237 g/mol. The Balaban J connectivity index is 2.15. The largest absolute Gasteiger partial charge is 0.467 e. The molecule has 0 bridgehead atoms. The number of nitrogens with one attached hydrogen (secondary N) is 2. The molecule has 0 radical (unpaired) electrons. The van der Waals surface area contributed by atoms with Crippen LogP contribution in [0.25, 0.3) is 0 Å². The Morgan fingerprint density at radius 2 is 2.35 bits per heavy atom. The molecule has 1 unspecified atom stereocenters. The van der Waals surface area contributed by atoms with Crippen molar-refractivity contribution in [1.29, 1.82) is 0 Å². The van der Waals surface area contributed by atoms with E-state index in [2.05, 4.69) is 20.0 Å². The summed E-state index contributed by atoms with van der Waals surface area (Å²) in [6.45, 7) is 1.66. The number of anilines is 1. The van der Waals surface area contributed by atoms with E-state index >= 15 is 0 Å². The first-order valence-corrected chi connectivity index (χ1v) is 5.56. The van der Waals surface area contributed by atoms with Gasteiger partial charge in [0.2, 0.25) is 0 Å². The van der Waals surface area contributed by atoms with E-state index in [9.17, 15) is 9.59 Å². The third-order valence-electron chi connectivity index (χ3n) is 2.64. The van der Waals surface area contributed by atoms with Gasteiger partial charge in [-0.05, 0) is 19.8 Å². The molecule has 6 nitrogen and oxygen atoms in total. The fraction of sp³-hybridized carbons (Fsp3) is 0.545. The number of carbonyl (C=O) groups is 1. The van der Waals surface area contributed by atoms with E-state index in [0.717, 1.165) is 12.8 Å². The molecule has 1 saturated carbocycles. The van der Waals surface area contributed by atoms with E-state index < -0.39 is 6.04 Å². The zero-order valence-corrected chi connectivity index (χ0v) is 9.82. The number of ether oxygens (including phenoxy) is 1. The van der Waals surface area contributed by atoms with Crippen molar-refractivity contribution < 1.29 is 9.53 Å². The topological polar surface area (TPSA) is 84.1 Å². The Kier molecular flexibility index (Phi) is 3.12. The van der Waals surface area contributed by atoms with Crippen LogP contribution in [0.5, 0.6) is 0 Å². The van der Waals surface area contributed by atoms with Gasteiger partial charge in [0.15, 0.2) is 0 Å². The van der Waals surface area contributed by atoms with Gasteiger partial charge in [-0.2, -0.15) is 0 Å². The summed E-state index contributed by atoms with van der Waals surface area (Å²) in [4.78, 5) is 29.6. The van der Waals surface area contributed by atoms with Gasteiger partial charge in [-0.25, -0.2) is 9.78 Å². The molecule has 17 heavy (non-hydrogen) atoms. The Morgan fingerprint density at radius 1 is 1.65 bits per heavy atom. The number of aromatic amines is 1. The number of nitrogens with zero attached hydrogens (tertiary/aromatic N) is 1. The molecule has 2 rings (SSSR count). The lowest BCUT2D eigenvalue weighted by Crippen LogP contribution is -2.28. The van der Waals surface area contributed by atoms with Crippen molar-refractivity contribution in [3.63, 3.8) is 0 Å². The van der Waals surface area contributed by atoms with Crippen molar-refractivity contribution in [2.45, 2.75) is 31.7 Å². The minimum absolute atomic E-state index is 0.207. The number of aromatic nitrogens is 2. The van der Waals surface area contributed by atoms with Crippen LogP contribution in [-0.2, 0) is 9.53 Å². The average Bonchev–Trinajstić information content (AvgIpc) is 3.10. The smallest absolute Gasteiger partial charge is 0.328 e. The monoisotopic (exact) mass is 237 g/mol. The molecule has 1 heterocycles. The maximum atomic E-state index is 11.4. The van der Waals surface area contributed by atoms with Crippen LogP contribution in [0.1, 0.15) is 31.5 Å². The molecule has 1 fully saturated rings. The van der Waals surface area contributed by atoms with Gasteiger partial charge in [-0.15, -0.1) is 0 Å². The molecule has 0 amide bonds. The van der Waals surface area contributed by atoms with E-state index in [4.69, 9.17) is 0 Å². The van der Waals surface area contributed by atoms with Crippen LogP contribution in [0.4, 0.5) is 5.82 Å². The minimum atomic E-state index is -0.527. The molecule has 1 aromatic rings. The Labute approximate surface area is 98.4 Å². The molecule has 1 aliphatic rings. The fourth-order valence-electron chi connectivity index (χ4n) is 1.56. The first kappa shape index (κ1) is 11.6. The Hall–Kier alpha value is -1.85. The highest BCUT2D eigenvalue weighted by molar-refractivity contribution is 5.78. The van der Waals surface area contributed by atoms with E-state index in [1.165, 1.54) is 13.2 Å². The summed E-state index contributed by atoms with van der Waals surface area (Å²) in [5.41, 5.74) is -0.207. The van der Waals surface area contributed by atoms with E-state index in [1.807, 2.05) is 0 Å². The summed E-state index contributed by atoms with van der Waals surface area (Å²) in [6, 6.07) is 0.812. The van der Waals surface area contributed by atoms with Gasteiger partial charge in [0.05, 0.1) is 7.11 Å². The van der Waals surface area contributed by atoms with Gasteiger partial charge in [-0.3, -0.25) is 4.79 Å². The molecule has 92 valence electrons. The molecule has 1 atom stereocenters. The molecule has 1 aliphatic carbocycles. The third-order valence-corrected chi connectivity index (χ3v) is 2.64. The van der Waals surface area contributed by atoms with Crippen molar-refractivity contribution in [2.75, 3.05) is 12.4 Å². The highest BCUT2D eigenvalue weighted by Crippen LogP contribution is 2.37. The number of hydrogen-bond acceptors (Lipinski definition) is 5. The normalized spacial score (nSPS) is 16.4. The lowest BCUT2D eigenvalue weighted by Gasteiger charge is -2.12. The summed E-state index contributed by atoms with van der Waals surface area (Å²) in [6.07, 6.45) is 2.11. The number of methoxy groups -OCH3 is 1. The predicted octanol–water partition coefficient (Wildman–Crippen LogP) is 0.621. The highest BCUT2D eigenvalue weighted by Gasteiger charge is 2.26.